The first kappa shape index (κ1) is 16.1. The van der Waals surface area contributed by atoms with Crippen molar-refractivity contribution in [2.24, 2.45) is 0 Å². The second kappa shape index (κ2) is 6.85. The number of H-pyrrole nitrogens is 1. The van der Waals surface area contributed by atoms with Crippen LogP contribution < -0.4 is 0 Å². The summed E-state index contributed by atoms with van der Waals surface area (Å²) >= 11 is 0. The Balaban J connectivity index is 1.54. The molecule has 1 N–H and O–H groups in total. The minimum atomic E-state index is -0.0321. The molecule has 0 aliphatic carbocycles. The first-order chi connectivity index (χ1) is 12.7. The molecule has 5 heteroatoms. The SMILES string of the molecule is N#Cc1cccc(/C=C/C(=O)N2CCC[C@H]2c2nc3ccccc3[nH]2)c1. The zero-order valence-corrected chi connectivity index (χ0v) is 14.2. The van der Waals surface area contributed by atoms with Crippen molar-refractivity contribution in [3.63, 3.8) is 0 Å². The first-order valence-electron chi connectivity index (χ1n) is 8.68. The molecule has 1 aliphatic rings. The number of imidazole rings is 1. The van der Waals surface area contributed by atoms with Crippen LogP contribution in [0.5, 0.6) is 0 Å². The number of rotatable bonds is 3. The summed E-state index contributed by atoms with van der Waals surface area (Å²) in [7, 11) is 0. The summed E-state index contributed by atoms with van der Waals surface area (Å²) in [5.41, 5.74) is 3.34. The molecule has 0 spiro atoms. The van der Waals surface area contributed by atoms with Crippen LogP contribution in [0.25, 0.3) is 17.1 Å². The third-order valence-electron chi connectivity index (χ3n) is 4.69. The number of nitrogens with zero attached hydrogens (tertiary/aromatic N) is 3. The monoisotopic (exact) mass is 342 g/mol. The summed E-state index contributed by atoms with van der Waals surface area (Å²) < 4.78 is 0. The summed E-state index contributed by atoms with van der Waals surface area (Å²) in [5, 5.41) is 8.97. The lowest BCUT2D eigenvalue weighted by Crippen LogP contribution is -2.29. The van der Waals surface area contributed by atoms with E-state index >= 15 is 0 Å². The molecule has 2 heterocycles. The Morgan fingerprint density at radius 1 is 1.27 bits per heavy atom. The van der Waals surface area contributed by atoms with Gasteiger partial charge in [-0.2, -0.15) is 5.26 Å². The van der Waals surface area contributed by atoms with Gasteiger partial charge < -0.3 is 9.88 Å². The molecule has 0 radical (unpaired) electrons. The van der Waals surface area contributed by atoms with E-state index in [1.165, 1.54) is 0 Å². The van der Waals surface area contributed by atoms with Gasteiger partial charge in [0, 0.05) is 12.6 Å². The highest BCUT2D eigenvalue weighted by Crippen LogP contribution is 2.31. The summed E-state index contributed by atoms with van der Waals surface area (Å²) in [4.78, 5) is 22.6. The van der Waals surface area contributed by atoms with Gasteiger partial charge in [0.1, 0.15) is 5.82 Å². The highest BCUT2D eigenvalue weighted by Gasteiger charge is 2.30. The summed E-state index contributed by atoms with van der Waals surface area (Å²) in [5.74, 6) is 0.812. The fourth-order valence-corrected chi connectivity index (χ4v) is 3.42. The number of hydrogen-bond acceptors (Lipinski definition) is 3. The average molecular weight is 342 g/mol. The zero-order chi connectivity index (χ0) is 17.9. The number of carbonyl (C=O) groups excluding carboxylic acids is 1. The fraction of sp³-hybridized carbons (Fsp3) is 0.190. The highest BCUT2D eigenvalue weighted by atomic mass is 16.2. The van der Waals surface area contributed by atoms with Gasteiger partial charge in [0.25, 0.3) is 0 Å². The van der Waals surface area contributed by atoms with Crippen LogP contribution in [0.1, 0.15) is 35.8 Å². The highest BCUT2D eigenvalue weighted by molar-refractivity contribution is 5.92. The van der Waals surface area contributed by atoms with Gasteiger partial charge in [-0.3, -0.25) is 4.79 Å². The molecule has 0 saturated carbocycles. The van der Waals surface area contributed by atoms with Crippen molar-refractivity contribution in [3.05, 3.63) is 71.6 Å². The quantitative estimate of drug-likeness (QED) is 0.736. The van der Waals surface area contributed by atoms with Crippen LogP contribution in [0, 0.1) is 11.3 Å². The number of amides is 1. The molecule has 2 aromatic carbocycles. The molecular weight excluding hydrogens is 324 g/mol. The van der Waals surface area contributed by atoms with E-state index in [2.05, 4.69) is 16.0 Å². The summed E-state index contributed by atoms with van der Waals surface area (Å²) in [6.45, 7) is 0.725. The lowest BCUT2D eigenvalue weighted by molar-refractivity contribution is -0.126. The van der Waals surface area contributed by atoms with Gasteiger partial charge in [-0.25, -0.2) is 4.98 Å². The maximum atomic E-state index is 12.7. The van der Waals surface area contributed by atoms with Crippen molar-refractivity contribution in [3.8, 4) is 6.07 Å². The molecule has 1 aliphatic heterocycles. The van der Waals surface area contributed by atoms with Gasteiger partial charge in [-0.15, -0.1) is 0 Å². The maximum absolute atomic E-state index is 12.7. The fourth-order valence-electron chi connectivity index (χ4n) is 3.42. The smallest absolute Gasteiger partial charge is 0.247 e. The van der Waals surface area contributed by atoms with Crippen LogP contribution in [0.3, 0.4) is 0 Å². The number of carbonyl (C=O) groups is 1. The van der Waals surface area contributed by atoms with Crippen molar-refractivity contribution in [1.29, 1.82) is 5.26 Å². The van der Waals surface area contributed by atoms with Crippen LogP contribution in [0.15, 0.2) is 54.6 Å². The Kier molecular flexibility index (Phi) is 4.24. The van der Waals surface area contributed by atoms with Gasteiger partial charge in [0.2, 0.25) is 5.91 Å². The van der Waals surface area contributed by atoms with E-state index in [1.54, 1.807) is 24.3 Å². The Hall–Kier alpha value is -3.39. The first-order valence-corrected chi connectivity index (χ1v) is 8.68. The number of aromatic amines is 1. The minimum Gasteiger partial charge on any atom is -0.340 e. The Morgan fingerprint density at radius 2 is 2.15 bits per heavy atom. The van der Waals surface area contributed by atoms with E-state index in [0.29, 0.717) is 5.56 Å². The average Bonchev–Trinajstić information content (AvgIpc) is 3.32. The Morgan fingerprint density at radius 3 is 3.00 bits per heavy atom. The third-order valence-corrected chi connectivity index (χ3v) is 4.69. The van der Waals surface area contributed by atoms with Crippen LogP contribution in [-0.2, 0) is 4.79 Å². The van der Waals surface area contributed by atoms with Crippen LogP contribution in [0.4, 0.5) is 0 Å². The lowest BCUT2D eigenvalue weighted by atomic mass is 10.1. The maximum Gasteiger partial charge on any atom is 0.247 e. The van der Waals surface area contributed by atoms with Crippen molar-refractivity contribution in [2.45, 2.75) is 18.9 Å². The number of benzene rings is 2. The molecule has 1 saturated heterocycles. The van der Waals surface area contributed by atoms with Crippen molar-refractivity contribution >= 4 is 23.0 Å². The Bertz CT molecular complexity index is 995. The van der Waals surface area contributed by atoms with Gasteiger partial charge >= 0.3 is 0 Å². The number of nitrogens with one attached hydrogen (secondary N) is 1. The van der Waals surface area contributed by atoms with E-state index in [-0.39, 0.29) is 11.9 Å². The van der Waals surface area contributed by atoms with E-state index in [4.69, 9.17) is 5.26 Å². The molecular formula is C21H18N4O. The van der Waals surface area contributed by atoms with E-state index in [0.717, 1.165) is 41.8 Å². The van der Waals surface area contributed by atoms with Crippen molar-refractivity contribution < 1.29 is 4.79 Å². The third kappa shape index (κ3) is 3.09. The summed E-state index contributed by atoms with van der Waals surface area (Å²) in [6, 6.07) is 17.2. The lowest BCUT2D eigenvalue weighted by Gasteiger charge is -2.21. The van der Waals surface area contributed by atoms with Crippen molar-refractivity contribution in [1.82, 2.24) is 14.9 Å². The van der Waals surface area contributed by atoms with E-state index in [9.17, 15) is 4.79 Å². The molecule has 0 bridgehead atoms. The molecule has 5 nitrogen and oxygen atoms in total. The Labute approximate surface area is 151 Å². The van der Waals surface area contributed by atoms with Crippen molar-refractivity contribution in [2.75, 3.05) is 6.54 Å². The number of hydrogen-bond donors (Lipinski definition) is 1. The second-order valence-electron chi connectivity index (χ2n) is 6.40. The standard InChI is InChI=1S/C21H18N4O/c22-14-16-6-3-5-15(13-16)10-11-20(26)25-12-4-9-19(25)21-23-17-7-1-2-8-18(17)24-21/h1-3,5-8,10-11,13,19H,4,9,12H2,(H,23,24)/b11-10+/t19-/m0/s1. The topological polar surface area (TPSA) is 72.8 Å². The predicted molar refractivity (Wildman–Crippen MR) is 100.0 cm³/mol. The number of likely N-dealkylation sites (tertiary alicyclic amines) is 1. The van der Waals surface area contributed by atoms with Crippen LogP contribution >= 0.6 is 0 Å². The number of nitriles is 1. The minimum absolute atomic E-state index is 0.0232. The molecule has 1 fully saturated rings. The molecule has 26 heavy (non-hydrogen) atoms. The molecule has 1 amide bonds. The number of aromatic nitrogens is 2. The normalized spacial score (nSPS) is 17.0. The molecule has 0 unspecified atom stereocenters. The predicted octanol–water partition coefficient (Wildman–Crippen LogP) is 3.81. The molecule has 4 rings (SSSR count). The summed E-state index contributed by atoms with van der Waals surface area (Å²) in [6.07, 6.45) is 5.21. The number of para-hydroxylation sites is 2. The number of fused-ring (bicyclic) bond motifs is 1. The molecule has 1 atom stereocenters. The van der Waals surface area contributed by atoms with E-state index in [1.807, 2.05) is 41.3 Å². The van der Waals surface area contributed by atoms with Crippen LogP contribution in [-0.4, -0.2) is 27.3 Å². The van der Waals surface area contributed by atoms with Gasteiger partial charge in [0.15, 0.2) is 0 Å². The van der Waals surface area contributed by atoms with E-state index < -0.39 is 0 Å². The van der Waals surface area contributed by atoms with Gasteiger partial charge in [0.05, 0.1) is 28.7 Å². The molecule has 3 aromatic rings. The molecule has 1 aromatic heterocycles. The molecule has 128 valence electrons. The largest absolute Gasteiger partial charge is 0.340 e. The zero-order valence-electron chi connectivity index (χ0n) is 14.2. The second-order valence-corrected chi connectivity index (χ2v) is 6.40. The van der Waals surface area contributed by atoms with Crippen LogP contribution in [0.2, 0.25) is 0 Å². The van der Waals surface area contributed by atoms with Gasteiger partial charge in [-0.05, 0) is 48.7 Å². The van der Waals surface area contributed by atoms with Gasteiger partial charge in [-0.1, -0.05) is 24.3 Å².